The van der Waals surface area contributed by atoms with E-state index in [2.05, 4.69) is 39.9 Å². The molecule has 6 heterocycles. The highest BCUT2D eigenvalue weighted by atomic mass is 16.5. The van der Waals surface area contributed by atoms with Gasteiger partial charge in [-0.3, -0.25) is 34.2 Å². The number of benzene rings is 2. The first kappa shape index (κ1) is 39.8. The lowest BCUT2D eigenvalue weighted by molar-refractivity contribution is 0.0591. The minimum absolute atomic E-state index is 0.0265. The second-order valence-corrected chi connectivity index (χ2v) is 15.0. The summed E-state index contributed by atoms with van der Waals surface area (Å²) in [5.74, 6) is -0.167. The maximum atomic E-state index is 13.7. The Balaban J connectivity index is 1.06. The first-order chi connectivity index (χ1) is 28.9. The van der Waals surface area contributed by atoms with Gasteiger partial charge < -0.3 is 23.5 Å². The Labute approximate surface area is 344 Å². The molecule has 0 saturated heterocycles. The number of esters is 2. The molecule has 8 rings (SSSR count). The first-order valence-electron chi connectivity index (χ1n) is 19.8. The van der Waals surface area contributed by atoms with Crippen molar-refractivity contribution in [3.8, 4) is 11.5 Å². The van der Waals surface area contributed by atoms with Gasteiger partial charge in [-0.1, -0.05) is 19.1 Å². The largest absolute Gasteiger partial charge is 0.489 e. The molecule has 2 N–H and O–H groups in total. The number of nitrogens with zero attached hydrogens (tertiary/aromatic N) is 8. The minimum atomic E-state index is -0.527. The summed E-state index contributed by atoms with van der Waals surface area (Å²) in [4.78, 5) is 61.9. The average Bonchev–Trinajstić information content (AvgIpc) is 4.02. The Kier molecular flexibility index (Phi) is 10.6. The van der Waals surface area contributed by atoms with Crippen molar-refractivity contribution in [3.05, 3.63) is 82.5 Å². The molecule has 4 aromatic heterocycles. The van der Waals surface area contributed by atoms with Crippen LogP contribution in [0.25, 0.3) is 22.1 Å². The van der Waals surface area contributed by atoms with Gasteiger partial charge in [0.15, 0.2) is 0 Å². The van der Waals surface area contributed by atoms with Gasteiger partial charge in [0, 0.05) is 13.1 Å². The van der Waals surface area contributed by atoms with E-state index in [1.807, 2.05) is 36.8 Å². The summed E-state index contributed by atoms with van der Waals surface area (Å²) in [7, 11) is 2.62. The zero-order valence-electron chi connectivity index (χ0n) is 34.4. The number of methoxy groups -OCH3 is 2. The lowest BCUT2D eigenvalue weighted by Gasteiger charge is -2.29. The van der Waals surface area contributed by atoms with E-state index < -0.39 is 11.9 Å². The fourth-order valence-electron chi connectivity index (χ4n) is 8.08. The molecule has 0 fully saturated rings. The second kappa shape index (κ2) is 16.0. The highest BCUT2D eigenvalue weighted by molar-refractivity contribution is 6.05. The van der Waals surface area contributed by atoms with E-state index in [1.165, 1.54) is 14.2 Å². The number of carbonyl (C=O) groups is 4. The molecule has 312 valence electrons. The van der Waals surface area contributed by atoms with Crippen molar-refractivity contribution in [3.63, 3.8) is 0 Å². The molecule has 2 aliphatic rings. The van der Waals surface area contributed by atoms with Crippen LogP contribution in [-0.4, -0.2) is 89.8 Å². The van der Waals surface area contributed by atoms with Crippen molar-refractivity contribution in [1.82, 2.24) is 38.7 Å². The molecular weight excluding hydrogens is 773 g/mol. The van der Waals surface area contributed by atoms with Crippen molar-refractivity contribution in [2.24, 2.45) is 5.92 Å². The van der Waals surface area contributed by atoms with E-state index in [-0.39, 0.29) is 54.2 Å². The van der Waals surface area contributed by atoms with Crippen LogP contribution in [0.5, 0.6) is 11.5 Å². The topological polar surface area (TPSA) is 201 Å². The van der Waals surface area contributed by atoms with Gasteiger partial charge in [0.25, 0.3) is 11.8 Å². The van der Waals surface area contributed by atoms with Crippen LogP contribution in [0.15, 0.2) is 48.6 Å². The minimum Gasteiger partial charge on any atom is -0.489 e. The lowest BCUT2D eigenvalue weighted by Crippen LogP contribution is -2.27. The summed E-state index contributed by atoms with van der Waals surface area (Å²) in [6, 6.07) is 9.50. The molecule has 18 heteroatoms. The molecule has 3 atom stereocenters. The van der Waals surface area contributed by atoms with E-state index in [0.29, 0.717) is 82.8 Å². The van der Waals surface area contributed by atoms with Gasteiger partial charge in [-0.2, -0.15) is 10.2 Å². The van der Waals surface area contributed by atoms with Crippen LogP contribution in [0.4, 0.5) is 11.9 Å². The first-order valence-corrected chi connectivity index (χ1v) is 19.8. The smallest absolute Gasteiger partial charge is 0.338 e. The number of hydrogen-bond donors (Lipinski definition) is 2. The molecule has 18 nitrogen and oxygen atoms in total. The normalized spacial score (nSPS) is 16.1. The van der Waals surface area contributed by atoms with Crippen LogP contribution >= 0.6 is 0 Å². The highest BCUT2D eigenvalue weighted by Crippen LogP contribution is 2.41. The van der Waals surface area contributed by atoms with Crippen molar-refractivity contribution >= 4 is 57.7 Å². The summed E-state index contributed by atoms with van der Waals surface area (Å²) in [5, 5.41) is 14.9. The Morgan fingerprint density at radius 2 is 1.22 bits per heavy atom. The van der Waals surface area contributed by atoms with Crippen molar-refractivity contribution < 1.29 is 38.1 Å². The average molecular weight is 819 g/mol. The van der Waals surface area contributed by atoms with E-state index >= 15 is 0 Å². The molecule has 2 aromatic carbocycles. The summed E-state index contributed by atoms with van der Waals surface area (Å²) < 4.78 is 29.6. The van der Waals surface area contributed by atoms with E-state index in [9.17, 15) is 19.2 Å². The predicted octanol–water partition coefficient (Wildman–Crippen LogP) is 6.05. The maximum Gasteiger partial charge on any atom is 0.338 e. The van der Waals surface area contributed by atoms with Crippen molar-refractivity contribution in [2.45, 2.75) is 72.6 Å². The number of ether oxygens (including phenoxy) is 4. The molecule has 0 bridgehead atoms. The summed E-state index contributed by atoms with van der Waals surface area (Å²) in [6.07, 6.45) is 5.36. The van der Waals surface area contributed by atoms with Gasteiger partial charge in [-0.15, -0.1) is 0 Å². The van der Waals surface area contributed by atoms with E-state index in [0.717, 1.165) is 11.4 Å². The SMILES string of the molecule is CCn1nc(C)cc1C(=O)Nc1nc2cc(C(=O)OC)cc3c2n1[C@@H](CC(C)/C=C/C[C@H]1COc2cc(C(=O)OC)cc4nc(NC(=O)c5cc(C)nn5CC)n1c24)CO3. The highest BCUT2D eigenvalue weighted by Gasteiger charge is 2.32. The van der Waals surface area contributed by atoms with Crippen molar-refractivity contribution in [1.29, 1.82) is 0 Å². The maximum absolute atomic E-state index is 13.7. The predicted molar refractivity (Wildman–Crippen MR) is 220 cm³/mol. The van der Waals surface area contributed by atoms with Crippen molar-refractivity contribution in [2.75, 3.05) is 38.1 Å². The van der Waals surface area contributed by atoms with Gasteiger partial charge >= 0.3 is 11.9 Å². The molecule has 60 heavy (non-hydrogen) atoms. The van der Waals surface area contributed by atoms with Gasteiger partial charge in [-0.25, -0.2) is 19.6 Å². The van der Waals surface area contributed by atoms with Crippen LogP contribution in [0.3, 0.4) is 0 Å². The van der Waals surface area contributed by atoms with Gasteiger partial charge in [0.1, 0.15) is 47.1 Å². The third-order valence-corrected chi connectivity index (χ3v) is 10.8. The van der Waals surface area contributed by atoms with Gasteiger partial charge in [-0.05, 0) is 82.9 Å². The number of carbonyl (C=O) groups excluding carboxylic acids is 4. The molecule has 0 radical (unpaired) electrons. The number of aryl methyl sites for hydroxylation is 4. The fraction of sp³-hybridized carbons (Fsp3) is 0.381. The van der Waals surface area contributed by atoms with Gasteiger partial charge in [0.05, 0.1) is 59.9 Å². The molecule has 2 aliphatic heterocycles. The van der Waals surface area contributed by atoms with Crippen LogP contribution < -0.4 is 20.1 Å². The molecule has 2 amide bonds. The van der Waals surface area contributed by atoms with Crippen LogP contribution in [-0.2, 0) is 22.6 Å². The number of anilines is 2. The Hall–Kier alpha value is -6.98. The number of amides is 2. The Morgan fingerprint density at radius 3 is 1.68 bits per heavy atom. The number of aromatic nitrogens is 8. The summed E-state index contributed by atoms with van der Waals surface area (Å²) in [5.41, 5.74) is 5.10. The Bertz CT molecular complexity index is 2720. The second-order valence-electron chi connectivity index (χ2n) is 15.0. The molecule has 1 unspecified atom stereocenters. The number of rotatable bonds is 13. The van der Waals surface area contributed by atoms with E-state index in [4.69, 9.17) is 28.9 Å². The third-order valence-electron chi connectivity index (χ3n) is 10.8. The standard InChI is InChI=1S/C42H46N10O8/c1-8-49-31(14-23(4)47-49)37(53)45-41-43-29-16-25(39(55)57-6)18-33-35(29)51(41)27(20-59-33)12-10-11-22(3)13-28-21-60-34-19-26(40(56)58-7)17-30-36(34)52(28)42(44-30)46-38(54)32-15-24(5)48-50(32)9-2/h10-11,14-19,22,27-28H,8-9,12-13,20-21H2,1-7H3,(H,43,45,53)(H,44,46,54)/b11-10+/t22?,27-,28-/m0/s1. The van der Waals surface area contributed by atoms with E-state index in [1.54, 1.807) is 45.8 Å². The lowest BCUT2D eigenvalue weighted by atomic mass is 9.99. The summed E-state index contributed by atoms with van der Waals surface area (Å²) >= 11 is 0. The third kappa shape index (κ3) is 7.21. The molecule has 0 spiro atoms. The van der Waals surface area contributed by atoms with Gasteiger partial charge in [0.2, 0.25) is 11.9 Å². The molecule has 6 aromatic rings. The monoisotopic (exact) mass is 818 g/mol. The van der Waals surface area contributed by atoms with Crippen LogP contribution in [0, 0.1) is 19.8 Å². The van der Waals surface area contributed by atoms with Crippen LogP contribution in [0.2, 0.25) is 0 Å². The molecular formula is C42H46N10O8. The zero-order valence-corrected chi connectivity index (χ0v) is 34.4. The molecule has 0 aliphatic carbocycles. The number of hydrogen-bond acceptors (Lipinski definition) is 12. The zero-order chi connectivity index (χ0) is 42.4. The van der Waals surface area contributed by atoms with Crippen LogP contribution in [0.1, 0.15) is 98.8 Å². The molecule has 0 saturated carbocycles. The summed E-state index contributed by atoms with van der Waals surface area (Å²) in [6.45, 7) is 11.2. The number of allylic oxidation sites excluding steroid dienone is 2. The Morgan fingerprint density at radius 1 is 0.750 bits per heavy atom. The fourth-order valence-corrected chi connectivity index (χ4v) is 8.08. The number of nitrogens with one attached hydrogen (secondary N) is 2. The quantitative estimate of drug-likeness (QED) is 0.101. The number of imidazole rings is 2.